The Morgan fingerprint density at radius 1 is 1.27 bits per heavy atom. The molecule has 0 aliphatic heterocycles. The van der Waals surface area contributed by atoms with E-state index in [9.17, 15) is 0 Å². The highest BCUT2D eigenvalue weighted by Crippen LogP contribution is 2.14. The number of hydrogen-bond acceptors (Lipinski definition) is 1. The van der Waals surface area contributed by atoms with Crippen LogP contribution in [-0.2, 0) is 0 Å². The van der Waals surface area contributed by atoms with Crippen molar-refractivity contribution in [3.63, 3.8) is 0 Å². The van der Waals surface area contributed by atoms with Crippen LogP contribution in [0.25, 0.3) is 11.0 Å². The van der Waals surface area contributed by atoms with Gasteiger partial charge in [-0.2, -0.15) is 0 Å². The largest absolute Gasteiger partial charge is 0.346 e. The Morgan fingerprint density at radius 3 is 2.91 bits per heavy atom. The first-order valence-electron chi connectivity index (χ1n) is 3.69. The van der Waals surface area contributed by atoms with E-state index in [4.69, 9.17) is 0 Å². The summed E-state index contributed by atoms with van der Waals surface area (Å²) in [6.45, 7) is 4.07. The van der Waals surface area contributed by atoms with Crippen molar-refractivity contribution in [2.45, 2.75) is 13.8 Å². The lowest BCUT2D eigenvalue weighted by Crippen LogP contribution is -1.80. The summed E-state index contributed by atoms with van der Waals surface area (Å²) in [4.78, 5) is 7.46. The lowest BCUT2D eigenvalue weighted by atomic mass is 10.2. The Morgan fingerprint density at radius 2 is 2.09 bits per heavy atom. The average Bonchev–Trinajstić information content (AvgIpc) is 2.32. The fourth-order valence-electron chi connectivity index (χ4n) is 1.24. The van der Waals surface area contributed by atoms with Crippen molar-refractivity contribution < 1.29 is 0 Å². The SMILES string of the molecule is Cc1ccc2c(C)c[nH]c2n1. The average molecular weight is 146 g/mol. The van der Waals surface area contributed by atoms with Crippen molar-refractivity contribution in [3.05, 3.63) is 29.6 Å². The summed E-state index contributed by atoms with van der Waals surface area (Å²) in [7, 11) is 0. The van der Waals surface area contributed by atoms with E-state index in [1.54, 1.807) is 0 Å². The number of aryl methyl sites for hydroxylation is 2. The number of hydrogen-bond donors (Lipinski definition) is 1. The summed E-state index contributed by atoms with van der Waals surface area (Å²) >= 11 is 0. The summed E-state index contributed by atoms with van der Waals surface area (Å²) < 4.78 is 0. The molecule has 0 saturated heterocycles. The van der Waals surface area contributed by atoms with Crippen molar-refractivity contribution in [2.24, 2.45) is 0 Å². The number of H-pyrrole nitrogens is 1. The van der Waals surface area contributed by atoms with Crippen molar-refractivity contribution in [1.29, 1.82) is 0 Å². The monoisotopic (exact) mass is 146 g/mol. The van der Waals surface area contributed by atoms with Crippen molar-refractivity contribution >= 4 is 11.0 Å². The minimum absolute atomic E-state index is 0.988. The second-order valence-corrected chi connectivity index (χ2v) is 2.82. The summed E-state index contributed by atoms with van der Waals surface area (Å²) in [5.41, 5.74) is 3.30. The molecule has 2 aromatic heterocycles. The van der Waals surface area contributed by atoms with E-state index in [0.29, 0.717) is 0 Å². The van der Waals surface area contributed by atoms with E-state index in [-0.39, 0.29) is 0 Å². The predicted octanol–water partition coefficient (Wildman–Crippen LogP) is 2.18. The molecule has 0 aromatic carbocycles. The molecule has 2 heterocycles. The molecule has 2 rings (SSSR count). The summed E-state index contributed by atoms with van der Waals surface area (Å²) in [5, 5.41) is 1.22. The maximum absolute atomic E-state index is 4.34. The van der Waals surface area contributed by atoms with Crippen LogP contribution in [-0.4, -0.2) is 9.97 Å². The van der Waals surface area contributed by atoms with E-state index >= 15 is 0 Å². The summed E-state index contributed by atoms with van der Waals surface area (Å²) in [6, 6.07) is 4.13. The standard InChI is InChI=1S/C9H10N2/c1-6-5-10-9-8(6)4-3-7(2)11-9/h3-5H,1-2H3,(H,10,11). The van der Waals surface area contributed by atoms with Crippen LogP contribution in [0.5, 0.6) is 0 Å². The Hall–Kier alpha value is -1.31. The van der Waals surface area contributed by atoms with Gasteiger partial charge in [-0.1, -0.05) is 0 Å². The lowest BCUT2D eigenvalue weighted by molar-refractivity contribution is 1.22. The van der Waals surface area contributed by atoms with E-state index in [1.807, 2.05) is 19.2 Å². The van der Waals surface area contributed by atoms with Crippen LogP contribution >= 0.6 is 0 Å². The van der Waals surface area contributed by atoms with Gasteiger partial charge < -0.3 is 4.98 Å². The zero-order valence-corrected chi connectivity index (χ0v) is 6.68. The fourth-order valence-corrected chi connectivity index (χ4v) is 1.24. The molecule has 2 heteroatoms. The van der Waals surface area contributed by atoms with Crippen LogP contribution in [0.4, 0.5) is 0 Å². The molecule has 0 radical (unpaired) electrons. The van der Waals surface area contributed by atoms with Gasteiger partial charge in [0.25, 0.3) is 0 Å². The molecule has 2 aromatic rings. The van der Waals surface area contributed by atoms with Gasteiger partial charge in [-0.25, -0.2) is 4.98 Å². The highest BCUT2D eigenvalue weighted by atomic mass is 14.8. The number of aromatic amines is 1. The van der Waals surface area contributed by atoms with Gasteiger partial charge in [-0.3, -0.25) is 0 Å². The van der Waals surface area contributed by atoms with E-state index in [0.717, 1.165) is 11.3 Å². The van der Waals surface area contributed by atoms with Crippen LogP contribution in [0, 0.1) is 13.8 Å². The van der Waals surface area contributed by atoms with Crippen LogP contribution in [0.1, 0.15) is 11.3 Å². The molecule has 0 aliphatic carbocycles. The Kier molecular flexibility index (Phi) is 1.22. The quantitative estimate of drug-likeness (QED) is 0.606. The van der Waals surface area contributed by atoms with Crippen molar-refractivity contribution in [2.75, 3.05) is 0 Å². The lowest BCUT2D eigenvalue weighted by Gasteiger charge is -1.91. The van der Waals surface area contributed by atoms with Gasteiger partial charge in [0.15, 0.2) is 0 Å². The number of rotatable bonds is 0. The molecule has 11 heavy (non-hydrogen) atoms. The number of fused-ring (bicyclic) bond motifs is 1. The number of nitrogens with zero attached hydrogens (tertiary/aromatic N) is 1. The van der Waals surface area contributed by atoms with Gasteiger partial charge in [-0.05, 0) is 31.5 Å². The Balaban J connectivity index is 2.86. The third-order valence-electron chi connectivity index (χ3n) is 1.88. The molecule has 1 N–H and O–H groups in total. The van der Waals surface area contributed by atoms with Gasteiger partial charge in [0, 0.05) is 17.3 Å². The molecular formula is C9H10N2. The van der Waals surface area contributed by atoms with Crippen LogP contribution in [0.15, 0.2) is 18.3 Å². The minimum atomic E-state index is 0.988. The second-order valence-electron chi connectivity index (χ2n) is 2.82. The van der Waals surface area contributed by atoms with E-state index in [2.05, 4.69) is 23.0 Å². The van der Waals surface area contributed by atoms with Crippen molar-refractivity contribution in [1.82, 2.24) is 9.97 Å². The van der Waals surface area contributed by atoms with Gasteiger partial charge >= 0.3 is 0 Å². The molecule has 0 aliphatic rings. The Bertz CT molecular complexity index is 387. The zero-order chi connectivity index (χ0) is 7.84. The number of pyridine rings is 1. The predicted molar refractivity (Wildman–Crippen MR) is 45.6 cm³/mol. The second kappa shape index (κ2) is 2.09. The third-order valence-corrected chi connectivity index (χ3v) is 1.88. The first kappa shape index (κ1) is 6.40. The molecular weight excluding hydrogens is 136 g/mol. The first-order valence-corrected chi connectivity index (χ1v) is 3.69. The van der Waals surface area contributed by atoms with Crippen LogP contribution < -0.4 is 0 Å². The molecule has 0 unspecified atom stereocenters. The number of nitrogens with one attached hydrogen (secondary N) is 1. The molecule has 0 bridgehead atoms. The highest BCUT2D eigenvalue weighted by Gasteiger charge is 1.98. The Labute approximate surface area is 65.3 Å². The molecule has 56 valence electrons. The maximum Gasteiger partial charge on any atom is 0.137 e. The van der Waals surface area contributed by atoms with Crippen LogP contribution in [0.2, 0.25) is 0 Å². The molecule has 2 nitrogen and oxygen atoms in total. The summed E-state index contributed by atoms with van der Waals surface area (Å²) in [5.74, 6) is 0. The normalized spacial score (nSPS) is 10.7. The van der Waals surface area contributed by atoms with Gasteiger partial charge in [0.1, 0.15) is 5.65 Å². The van der Waals surface area contributed by atoms with E-state index in [1.165, 1.54) is 10.9 Å². The van der Waals surface area contributed by atoms with Gasteiger partial charge in [-0.15, -0.1) is 0 Å². The fraction of sp³-hybridized carbons (Fsp3) is 0.222. The van der Waals surface area contributed by atoms with Crippen LogP contribution in [0.3, 0.4) is 0 Å². The van der Waals surface area contributed by atoms with Gasteiger partial charge in [0.2, 0.25) is 0 Å². The molecule has 0 atom stereocenters. The highest BCUT2D eigenvalue weighted by molar-refractivity contribution is 5.79. The molecule has 0 spiro atoms. The van der Waals surface area contributed by atoms with E-state index < -0.39 is 0 Å². The van der Waals surface area contributed by atoms with Gasteiger partial charge in [0.05, 0.1) is 0 Å². The molecule has 0 amide bonds. The third kappa shape index (κ3) is 0.909. The first-order chi connectivity index (χ1) is 5.27. The smallest absolute Gasteiger partial charge is 0.137 e. The maximum atomic E-state index is 4.34. The molecule has 0 fully saturated rings. The summed E-state index contributed by atoms with van der Waals surface area (Å²) in [6.07, 6.45) is 1.98. The molecule has 0 saturated carbocycles. The van der Waals surface area contributed by atoms with Crippen molar-refractivity contribution in [3.8, 4) is 0 Å². The number of aromatic nitrogens is 2. The minimum Gasteiger partial charge on any atom is -0.346 e. The zero-order valence-electron chi connectivity index (χ0n) is 6.68. The topological polar surface area (TPSA) is 28.7 Å².